The van der Waals surface area contributed by atoms with Crippen molar-refractivity contribution in [3.8, 4) is 23.0 Å². The highest BCUT2D eigenvalue weighted by molar-refractivity contribution is 9.10. The van der Waals surface area contributed by atoms with Gasteiger partial charge in [-0.25, -0.2) is 9.59 Å². The summed E-state index contributed by atoms with van der Waals surface area (Å²) in [7, 11) is 1.26. The molecule has 4 N–H and O–H groups in total. The lowest BCUT2D eigenvalue weighted by Gasteiger charge is -2.28. The van der Waals surface area contributed by atoms with Gasteiger partial charge >= 0.3 is 18.0 Å². The first-order valence-corrected chi connectivity index (χ1v) is 13.7. The summed E-state index contributed by atoms with van der Waals surface area (Å²) in [4.78, 5) is 36.0. The molecule has 2 aromatic carbocycles. The van der Waals surface area contributed by atoms with Gasteiger partial charge in [0.15, 0.2) is 29.2 Å². The third-order valence-corrected chi connectivity index (χ3v) is 6.28. The molecule has 13 nitrogen and oxygen atoms in total. The number of aliphatic hydroxyl groups is 1. The van der Waals surface area contributed by atoms with Crippen LogP contribution in [-0.2, 0) is 14.3 Å². The highest BCUT2D eigenvalue weighted by Crippen LogP contribution is 2.37. The van der Waals surface area contributed by atoms with Gasteiger partial charge in [-0.15, -0.1) is 0 Å². The molecule has 1 heterocycles. The molecule has 14 heteroatoms. The lowest BCUT2D eigenvalue weighted by atomic mass is 9.95. The van der Waals surface area contributed by atoms with E-state index in [1.54, 1.807) is 51.1 Å². The van der Waals surface area contributed by atoms with Crippen molar-refractivity contribution in [3.63, 3.8) is 0 Å². The quantitative estimate of drug-likeness (QED) is 0.0832. The number of amides is 2. The Balaban J connectivity index is 1.70. The maximum absolute atomic E-state index is 12.4. The van der Waals surface area contributed by atoms with E-state index in [1.807, 2.05) is 0 Å². The zero-order chi connectivity index (χ0) is 30.8. The van der Waals surface area contributed by atoms with Crippen molar-refractivity contribution in [1.29, 1.82) is 0 Å². The van der Waals surface area contributed by atoms with Crippen LogP contribution in [0.1, 0.15) is 44.9 Å². The number of benzene rings is 2. The average Bonchev–Trinajstić information content (AvgIpc) is 2.93. The molecule has 0 aromatic heterocycles. The molecule has 0 saturated carbocycles. The van der Waals surface area contributed by atoms with Gasteiger partial charge < -0.3 is 39.4 Å². The first-order chi connectivity index (χ1) is 20.1. The van der Waals surface area contributed by atoms with Gasteiger partial charge in [0.05, 0.1) is 42.6 Å². The Labute approximate surface area is 251 Å². The van der Waals surface area contributed by atoms with Crippen LogP contribution in [0.5, 0.6) is 23.0 Å². The van der Waals surface area contributed by atoms with Crippen LogP contribution in [0, 0.1) is 0 Å². The topological polar surface area (TPSA) is 166 Å². The molecule has 0 bridgehead atoms. The van der Waals surface area contributed by atoms with E-state index in [2.05, 4.69) is 37.1 Å². The number of esters is 2. The van der Waals surface area contributed by atoms with Gasteiger partial charge in [-0.3, -0.25) is 10.2 Å². The first-order valence-electron chi connectivity index (χ1n) is 12.9. The molecule has 1 aliphatic heterocycles. The molecule has 1 aliphatic rings. The number of nitrogens with zero attached hydrogens (tertiary/aromatic N) is 1. The number of hydrazone groups is 1. The molecule has 0 spiro atoms. The lowest BCUT2D eigenvalue weighted by molar-refractivity contribution is -0.136. The normalized spacial score (nSPS) is 15.4. The Morgan fingerprint density at radius 1 is 1.12 bits per heavy atom. The summed E-state index contributed by atoms with van der Waals surface area (Å²) in [5, 5.41) is 19.7. The third kappa shape index (κ3) is 8.36. The van der Waals surface area contributed by atoms with Crippen LogP contribution >= 0.6 is 15.9 Å². The van der Waals surface area contributed by atoms with Crippen LogP contribution in [0.3, 0.4) is 0 Å². The Morgan fingerprint density at radius 2 is 1.83 bits per heavy atom. The minimum Gasteiger partial charge on any atom is -0.490 e. The number of ether oxygens (including phenoxy) is 5. The van der Waals surface area contributed by atoms with Crippen LogP contribution in [0.4, 0.5) is 4.79 Å². The maximum atomic E-state index is 12.4. The van der Waals surface area contributed by atoms with Crippen LogP contribution in [0.2, 0.25) is 0 Å². The minimum atomic E-state index is -1.19. The molecule has 0 fully saturated rings. The van der Waals surface area contributed by atoms with Crippen LogP contribution in [0.25, 0.3) is 0 Å². The molecule has 0 aliphatic carbocycles. The largest absolute Gasteiger partial charge is 0.490 e. The Morgan fingerprint density at radius 3 is 2.50 bits per heavy atom. The molecule has 0 unspecified atom stereocenters. The van der Waals surface area contributed by atoms with Crippen LogP contribution in [0.15, 0.2) is 51.2 Å². The molecule has 2 atom stereocenters. The summed E-state index contributed by atoms with van der Waals surface area (Å²) in [6, 6.07) is 7.03. The van der Waals surface area contributed by atoms with E-state index in [1.165, 1.54) is 20.2 Å². The van der Waals surface area contributed by atoms with Crippen molar-refractivity contribution in [1.82, 2.24) is 16.1 Å². The van der Waals surface area contributed by atoms with E-state index in [0.717, 1.165) is 0 Å². The SMILES string of the molecule is CCOc1cc([C@@H]2NC(=O)NC(C)=C2C(=O)OC)ccc1OC[C@H](O)N/N=C/c1cc(Br)c(OC(C)=O)c(OCC)c1. The number of rotatable bonds is 13. The summed E-state index contributed by atoms with van der Waals surface area (Å²) in [6.45, 7) is 7.00. The van der Waals surface area contributed by atoms with E-state index in [9.17, 15) is 19.5 Å². The number of allylic oxidation sites excluding steroid dienone is 1. The van der Waals surface area contributed by atoms with Crippen molar-refractivity contribution in [2.24, 2.45) is 5.10 Å². The van der Waals surface area contributed by atoms with Crippen molar-refractivity contribution in [2.75, 3.05) is 26.9 Å². The fraction of sp³-hybridized carbons (Fsp3) is 0.357. The number of carbonyl (C=O) groups is 3. The van der Waals surface area contributed by atoms with Gasteiger partial charge in [-0.05, 0) is 72.1 Å². The number of carbonyl (C=O) groups excluding carboxylic acids is 3. The summed E-state index contributed by atoms with van der Waals surface area (Å²) < 4.78 is 27.7. The van der Waals surface area contributed by atoms with Gasteiger partial charge in [0.25, 0.3) is 0 Å². The van der Waals surface area contributed by atoms with Gasteiger partial charge in [-0.2, -0.15) is 5.10 Å². The summed E-state index contributed by atoms with van der Waals surface area (Å²) in [6.07, 6.45) is 0.265. The minimum absolute atomic E-state index is 0.188. The van der Waals surface area contributed by atoms with Gasteiger partial charge in [0.1, 0.15) is 6.61 Å². The van der Waals surface area contributed by atoms with Crippen molar-refractivity contribution in [2.45, 2.75) is 40.0 Å². The van der Waals surface area contributed by atoms with Crippen molar-refractivity contribution in [3.05, 3.63) is 57.2 Å². The second kappa shape index (κ2) is 15.1. The number of aliphatic hydroxyl groups excluding tert-OH is 1. The Bertz CT molecular complexity index is 1380. The summed E-state index contributed by atoms with van der Waals surface area (Å²) in [5.41, 5.74) is 4.39. The van der Waals surface area contributed by atoms with Crippen molar-refractivity contribution < 1.29 is 43.2 Å². The smallest absolute Gasteiger partial charge is 0.337 e. The number of hydrogen-bond acceptors (Lipinski definition) is 11. The Hall–Kier alpha value is -4.30. The number of hydrogen-bond donors (Lipinski definition) is 4. The number of nitrogens with one attached hydrogen (secondary N) is 3. The van der Waals surface area contributed by atoms with Crippen molar-refractivity contribution >= 4 is 40.1 Å². The van der Waals surface area contributed by atoms with Gasteiger partial charge in [0.2, 0.25) is 0 Å². The van der Waals surface area contributed by atoms with E-state index in [4.69, 9.17) is 23.7 Å². The first kappa shape index (κ1) is 32.2. The molecule has 42 heavy (non-hydrogen) atoms. The zero-order valence-corrected chi connectivity index (χ0v) is 25.4. The fourth-order valence-corrected chi connectivity index (χ4v) is 4.53. The standard InChI is InChI=1S/C28H33BrN4O9/c1-6-39-21-12-18(25-24(27(36)38-5)15(3)31-28(37)32-25)8-9-20(21)41-14-23(35)33-30-13-17-10-19(29)26(42-16(4)34)22(11-17)40-7-2/h8-13,23,25,33,35H,6-7,14H2,1-5H3,(H2,31,32,37)/b30-13+/t23-,25-/m0/s1. The van der Waals surface area contributed by atoms with Gasteiger partial charge in [-0.1, -0.05) is 6.07 Å². The summed E-state index contributed by atoms with van der Waals surface area (Å²) >= 11 is 3.37. The van der Waals surface area contributed by atoms with E-state index in [0.29, 0.717) is 51.8 Å². The predicted molar refractivity (Wildman–Crippen MR) is 156 cm³/mol. The van der Waals surface area contributed by atoms with Crippen LogP contribution in [-0.4, -0.2) is 62.4 Å². The second-order valence-electron chi connectivity index (χ2n) is 8.77. The second-order valence-corrected chi connectivity index (χ2v) is 9.63. The predicted octanol–water partition coefficient (Wildman–Crippen LogP) is 3.29. The molecule has 0 radical (unpaired) electrons. The van der Waals surface area contributed by atoms with E-state index >= 15 is 0 Å². The third-order valence-electron chi connectivity index (χ3n) is 5.69. The fourth-order valence-electron chi connectivity index (χ4n) is 3.99. The molecular weight excluding hydrogens is 616 g/mol. The average molecular weight is 649 g/mol. The molecule has 2 aromatic rings. The molecule has 2 amide bonds. The molecule has 3 rings (SSSR count). The van der Waals surface area contributed by atoms with Gasteiger partial charge in [0, 0.05) is 12.6 Å². The number of halogens is 1. The van der Waals surface area contributed by atoms with E-state index < -0.39 is 30.2 Å². The molecular formula is C28H33BrN4O9. The monoisotopic (exact) mass is 648 g/mol. The van der Waals surface area contributed by atoms with E-state index in [-0.39, 0.29) is 17.9 Å². The zero-order valence-electron chi connectivity index (χ0n) is 23.8. The Kier molecular flexibility index (Phi) is 11.6. The highest BCUT2D eigenvalue weighted by Gasteiger charge is 2.32. The number of urea groups is 1. The summed E-state index contributed by atoms with van der Waals surface area (Å²) in [5.74, 6) is 0.224. The van der Waals surface area contributed by atoms with Crippen LogP contribution < -0.4 is 35.0 Å². The number of methoxy groups -OCH3 is 1. The lowest BCUT2D eigenvalue weighted by Crippen LogP contribution is -2.45. The highest BCUT2D eigenvalue weighted by atomic mass is 79.9. The maximum Gasteiger partial charge on any atom is 0.337 e. The molecule has 226 valence electrons. The molecule has 0 saturated heterocycles.